The van der Waals surface area contributed by atoms with Crippen LogP contribution in [-0.2, 0) is 10.0 Å². The molecule has 5 nitrogen and oxygen atoms in total. The first-order valence-corrected chi connectivity index (χ1v) is 7.36. The van der Waals surface area contributed by atoms with E-state index in [2.05, 4.69) is 0 Å². The van der Waals surface area contributed by atoms with E-state index in [0.29, 0.717) is 30.8 Å². The standard InChI is InChI=1S/C12H17N3O2S/c1-2-18(16,17)15(8-4-7-13)12-6-3-5-11(9-12)10-14/h3,5-6,9H,2,4,7-8,13H2,1H3. The van der Waals surface area contributed by atoms with Gasteiger partial charge in [-0.1, -0.05) is 6.07 Å². The van der Waals surface area contributed by atoms with E-state index in [1.54, 1.807) is 31.2 Å². The Morgan fingerprint density at radius 2 is 2.17 bits per heavy atom. The van der Waals surface area contributed by atoms with Crippen molar-refractivity contribution in [3.8, 4) is 6.07 Å². The molecule has 98 valence electrons. The van der Waals surface area contributed by atoms with Gasteiger partial charge in [0, 0.05) is 6.54 Å². The lowest BCUT2D eigenvalue weighted by molar-refractivity contribution is 0.590. The largest absolute Gasteiger partial charge is 0.330 e. The highest BCUT2D eigenvalue weighted by molar-refractivity contribution is 7.92. The zero-order valence-electron chi connectivity index (χ0n) is 10.3. The molecule has 0 unspecified atom stereocenters. The number of anilines is 1. The molecular weight excluding hydrogens is 250 g/mol. The average molecular weight is 267 g/mol. The van der Waals surface area contributed by atoms with Crippen molar-refractivity contribution < 1.29 is 8.42 Å². The minimum absolute atomic E-state index is 0.0222. The summed E-state index contributed by atoms with van der Waals surface area (Å²) in [4.78, 5) is 0. The average Bonchev–Trinajstić information content (AvgIpc) is 2.39. The Labute approximate surface area is 108 Å². The van der Waals surface area contributed by atoms with Gasteiger partial charge in [-0.3, -0.25) is 4.31 Å². The van der Waals surface area contributed by atoms with Crippen molar-refractivity contribution in [3.63, 3.8) is 0 Å². The molecule has 1 aromatic rings. The second-order valence-corrected chi connectivity index (χ2v) is 5.96. The van der Waals surface area contributed by atoms with Crippen LogP contribution in [0.2, 0.25) is 0 Å². The number of nitriles is 1. The first-order valence-electron chi connectivity index (χ1n) is 5.75. The summed E-state index contributed by atoms with van der Waals surface area (Å²) in [7, 11) is -3.34. The van der Waals surface area contributed by atoms with Gasteiger partial charge in [0.25, 0.3) is 0 Å². The van der Waals surface area contributed by atoms with E-state index < -0.39 is 10.0 Å². The van der Waals surface area contributed by atoms with Crippen LogP contribution in [0.4, 0.5) is 5.69 Å². The predicted octanol–water partition coefficient (Wildman–Crippen LogP) is 1.06. The highest BCUT2D eigenvalue weighted by Crippen LogP contribution is 2.20. The molecule has 0 heterocycles. The molecule has 0 saturated carbocycles. The lowest BCUT2D eigenvalue weighted by Gasteiger charge is -2.23. The third kappa shape index (κ3) is 3.45. The Morgan fingerprint density at radius 1 is 1.44 bits per heavy atom. The molecule has 0 amide bonds. The number of hydrogen-bond acceptors (Lipinski definition) is 4. The number of nitrogens with zero attached hydrogens (tertiary/aromatic N) is 2. The normalized spacial score (nSPS) is 10.9. The van der Waals surface area contributed by atoms with Gasteiger partial charge in [-0.2, -0.15) is 5.26 Å². The van der Waals surface area contributed by atoms with Gasteiger partial charge < -0.3 is 5.73 Å². The van der Waals surface area contributed by atoms with Gasteiger partial charge in [-0.15, -0.1) is 0 Å². The summed E-state index contributed by atoms with van der Waals surface area (Å²) < 4.78 is 25.3. The Balaban J connectivity index is 3.14. The molecule has 0 aliphatic heterocycles. The molecule has 2 N–H and O–H groups in total. The minimum Gasteiger partial charge on any atom is -0.330 e. The zero-order chi connectivity index (χ0) is 13.6. The second-order valence-electron chi connectivity index (χ2n) is 3.78. The Kier molecular flexibility index (Phi) is 5.13. The van der Waals surface area contributed by atoms with E-state index in [0.717, 1.165) is 0 Å². The molecule has 0 bridgehead atoms. The SMILES string of the molecule is CCS(=O)(=O)N(CCCN)c1cccc(C#N)c1. The molecule has 6 heteroatoms. The Bertz CT molecular complexity index is 534. The molecule has 0 radical (unpaired) electrons. The topological polar surface area (TPSA) is 87.2 Å². The molecule has 0 aromatic heterocycles. The van der Waals surface area contributed by atoms with Crippen molar-refractivity contribution in [1.82, 2.24) is 0 Å². The molecule has 18 heavy (non-hydrogen) atoms. The summed E-state index contributed by atoms with van der Waals surface area (Å²) in [6.45, 7) is 2.36. The van der Waals surface area contributed by atoms with Crippen LogP contribution in [0.3, 0.4) is 0 Å². The van der Waals surface area contributed by atoms with Gasteiger partial charge >= 0.3 is 0 Å². The second kappa shape index (κ2) is 6.38. The summed E-state index contributed by atoms with van der Waals surface area (Å²) in [6.07, 6.45) is 0.579. The fourth-order valence-corrected chi connectivity index (χ4v) is 2.70. The summed E-state index contributed by atoms with van der Waals surface area (Å²) >= 11 is 0. The van der Waals surface area contributed by atoms with Crippen molar-refractivity contribution in [2.45, 2.75) is 13.3 Å². The van der Waals surface area contributed by atoms with Gasteiger partial charge in [0.05, 0.1) is 23.1 Å². The molecule has 0 spiro atoms. The lowest BCUT2D eigenvalue weighted by Crippen LogP contribution is -2.34. The molecular formula is C12H17N3O2S. The third-order valence-corrected chi connectivity index (χ3v) is 4.32. The van der Waals surface area contributed by atoms with Crippen LogP contribution in [0.25, 0.3) is 0 Å². The Morgan fingerprint density at radius 3 is 2.72 bits per heavy atom. The molecule has 1 rings (SSSR count). The van der Waals surface area contributed by atoms with Gasteiger partial charge in [0.2, 0.25) is 10.0 Å². The highest BCUT2D eigenvalue weighted by Gasteiger charge is 2.20. The van der Waals surface area contributed by atoms with Crippen molar-refractivity contribution in [1.29, 1.82) is 5.26 Å². The maximum absolute atomic E-state index is 12.0. The highest BCUT2D eigenvalue weighted by atomic mass is 32.2. The van der Waals surface area contributed by atoms with Crippen molar-refractivity contribution >= 4 is 15.7 Å². The Hall–Kier alpha value is -1.58. The fourth-order valence-electron chi connectivity index (χ4n) is 1.55. The van der Waals surface area contributed by atoms with Crippen LogP contribution in [-0.4, -0.2) is 27.3 Å². The van der Waals surface area contributed by atoms with E-state index in [1.807, 2.05) is 6.07 Å². The number of sulfonamides is 1. The number of benzene rings is 1. The monoisotopic (exact) mass is 267 g/mol. The van der Waals surface area contributed by atoms with Crippen LogP contribution >= 0.6 is 0 Å². The van der Waals surface area contributed by atoms with E-state index >= 15 is 0 Å². The van der Waals surface area contributed by atoms with E-state index in [4.69, 9.17) is 11.0 Å². The maximum atomic E-state index is 12.0. The van der Waals surface area contributed by atoms with Crippen molar-refractivity contribution in [3.05, 3.63) is 29.8 Å². The van der Waals surface area contributed by atoms with Crippen LogP contribution in [0.15, 0.2) is 24.3 Å². The summed E-state index contributed by atoms with van der Waals surface area (Å²) in [5, 5.41) is 8.84. The van der Waals surface area contributed by atoms with Crippen molar-refractivity contribution in [2.24, 2.45) is 5.73 Å². The van der Waals surface area contributed by atoms with Crippen LogP contribution in [0, 0.1) is 11.3 Å². The number of hydrogen-bond donors (Lipinski definition) is 1. The van der Waals surface area contributed by atoms with E-state index in [9.17, 15) is 8.42 Å². The molecule has 1 aromatic carbocycles. The zero-order valence-corrected chi connectivity index (χ0v) is 11.2. The molecule has 0 aliphatic rings. The maximum Gasteiger partial charge on any atom is 0.234 e. The summed E-state index contributed by atoms with van der Waals surface area (Å²) in [5.74, 6) is 0.0222. The lowest BCUT2D eigenvalue weighted by atomic mass is 10.2. The van der Waals surface area contributed by atoms with E-state index in [1.165, 1.54) is 4.31 Å². The molecule has 0 atom stereocenters. The van der Waals surface area contributed by atoms with Gasteiger partial charge in [-0.05, 0) is 38.1 Å². The molecule has 0 fully saturated rings. The van der Waals surface area contributed by atoms with Crippen LogP contribution < -0.4 is 10.0 Å². The van der Waals surface area contributed by atoms with Crippen LogP contribution in [0.5, 0.6) is 0 Å². The quantitative estimate of drug-likeness (QED) is 0.835. The smallest absolute Gasteiger partial charge is 0.234 e. The number of nitrogens with two attached hydrogens (primary N) is 1. The van der Waals surface area contributed by atoms with Crippen molar-refractivity contribution in [2.75, 3.05) is 23.1 Å². The minimum atomic E-state index is -3.34. The summed E-state index contributed by atoms with van der Waals surface area (Å²) in [6, 6.07) is 8.58. The van der Waals surface area contributed by atoms with Crippen LogP contribution in [0.1, 0.15) is 18.9 Å². The first kappa shape index (κ1) is 14.5. The number of rotatable bonds is 6. The van der Waals surface area contributed by atoms with Gasteiger partial charge in [0.1, 0.15) is 0 Å². The molecule has 0 aliphatic carbocycles. The van der Waals surface area contributed by atoms with E-state index in [-0.39, 0.29) is 5.75 Å². The first-order chi connectivity index (χ1) is 8.55. The molecule has 0 saturated heterocycles. The summed E-state index contributed by atoms with van der Waals surface area (Å²) in [5.41, 5.74) is 6.38. The van der Waals surface area contributed by atoms with Gasteiger partial charge in [-0.25, -0.2) is 8.42 Å². The predicted molar refractivity (Wildman–Crippen MR) is 71.6 cm³/mol. The fraction of sp³-hybridized carbons (Fsp3) is 0.417. The third-order valence-electron chi connectivity index (χ3n) is 2.53. The van der Waals surface area contributed by atoms with Gasteiger partial charge in [0.15, 0.2) is 0 Å².